The Labute approximate surface area is 571 Å². The molecule has 7 aromatic rings. The van der Waals surface area contributed by atoms with Gasteiger partial charge in [0.05, 0.1) is 107 Å². The van der Waals surface area contributed by atoms with Crippen LogP contribution in [0.25, 0.3) is 89.7 Å². The molecule has 4 unspecified atom stereocenters. The van der Waals surface area contributed by atoms with Gasteiger partial charge in [-0.3, -0.25) is 0 Å². The lowest BCUT2D eigenvalue weighted by atomic mass is 10.1. The SMILES string of the molecule is CCC[Si](CCC1CCC[N+]1(C)C)(CCC1CCC[N+]1(C)C)O[Si]O[Si](CCC)(CCC1CCC[N+]1(C)C)CCC1CCC[N+]1(C)C.[Cl-].[Cl-].[Cl-].[Cl-].c1ccc2c(c1)-c1nc-2nc2[nH]c(nc3nc(nc4[nH]c(n1)c1ccccc41)-c1ccccc1-3)c1ccccc21. The molecular weight excluding hydrogens is 1270 g/mol. The molecule has 9 heterocycles. The third-order valence-electron chi connectivity index (χ3n) is 22.2. The average Bonchev–Trinajstić information content (AvgIpc) is 1.64. The van der Waals surface area contributed by atoms with Gasteiger partial charge in [0.1, 0.15) is 22.6 Å². The quantitative estimate of drug-likeness (QED) is 0.0883. The van der Waals surface area contributed by atoms with Gasteiger partial charge in [-0.1, -0.05) is 124 Å². The van der Waals surface area contributed by atoms with E-state index in [2.05, 4.69) is 80.2 Å². The van der Waals surface area contributed by atoms with Crippen LogP contribution in [0, 0.1) is 0 Å². The van der Waals surface area contributed by atoms with Gasteiger partial charge in [0.25, 0.3) is 0 Å². The van der Waals surface area contributed by atoms with Crippen LogP contribution in [-0.4, -0.2) is 191 Å². The van der Waals surface area contributed by atoms with E-state index in [1.54, 1.807) is 0 Å². The molecule has 91 heavy (non-hydrogen) atoms. The number of nitrogens with zero attached hydrogens (tertiary/aromatic N) is 10. The highest BCUT2D eigenvalue weighted by atomic mass is 35.5. The minimum atomic E-state index is -1.94. The van der Waals surface area contributed by atoms with E-state index >= 15 is 0 Å². The van der Waals surface area contributed by atoms with Crippen molar-refractivity contribution in [3.8, 4) is 45.6 Å². The zero-order valence-electron chi connectivity index (χ0n) is 55.8. The van der Waals surface area contributed by atoms with E-state index in [9.17, 15) is 0 Å². The molecule has 8 bridgehead atoms. The Morgan fingerprint density at radius 1 is 0.374 bits per heavy atom. The van der Waals surface area contributed by atoms with Crippen LogP contribution in [0.4, 0.5) is 0 Å². The summed E-state index contributed by atoms with van der Waals surface area (Å²) in [4.78, 5) is 36.8. The van der Waals surface area contributed by atoms with Gasteiger partial charge in [0.15, 0.2) is 39.9 Å². The fraction of sp³-hybridized carbons (Fsp3) is 0.543. The number of nitrogens with one attached hydrogen (secondary N) is 2. The number of likely N-dealkylation sites (tertiary alicyclic amines) is 4. The maximum atomic E-state index is 7.51. The summed E-state index contributed by atoms with van der Waals surface area (Å²) in [6.07, 6.45) is 19.3. The first-order chi connectivity index (χ1) is 41.9. The summed E-state index contributed by atoms with van der Waals surface area (Å²) in [5, 5.41) is 3.82. The number of hydrogen-bond donors (Lipinski definition) is 2. The predicted octanol–water partition coefficient (Wildman–Crippen LogP) is 2.67. The molecule has 2 radical (unpaired) electrons. The van der Waals surface area contributed by atoms with E-state index in [-0.39, 0.29) is 59.6 Å². The summed E-state index contributed by atoms with van der Waals surface area (Å²) in [6.45, 7) is 10.3. The molecule has 492 valence electrons. The second-order valence-electron chi connectivity index (χ2n) is 29.3. The maximum Gasteiger partial charge on any atom is 0.410 e. The van der Waals surface area contributed by atoms with Crippen molar-refractivity contribution in [1.82, 2.24) is 39.9 Å². The van der Waals surface area contributed by atoms with Crippen LogP contribution in [0.1, 0.15) is 104 Å². The molecule has 4 aromatic carbocycles. The van der Waals surface area contributed by atoms with Crippen LogP contribution in [0.15, 0.2) is 97.1 Å². The Hall–Kier alpha value is -4.19. The van der Waals surface area contributed by atoms with Crippen LogP contribution < -0.4 is 49.6 Å². The highest BCUT2D eigenvalue weighted by Gasteiger charge is 2.46. The normalized spacial score (nSPS) is 21.8. The van der Waals surface area contributed by atoms with Crippen molar-refractivity contribution in [1.29, 1.82) is 0 Å². The number of aromatic nitrogens is 8. The maximum absolute atomic E-state index is 7.51. The molecule has 0 aliphatic carbocycles. The van der Waals surface area contributed by atoms with E-state index in [1.165, 1.54) is 170 Å². The second-order valence-corrected chi connectivity index (χ2v) is 38.8. The van der Waals surface area contributed by atoms with Crippen molar-refractivity contribution >= 4 is 70.8 Å². The van der Waals surface area contributed by atoms with Crippen LogP contribution in [0.2, 0.25) is 36.3 Å². The number of benzene rings is 4. The number of H-pyrrole nitrogens is 2. The molecule has 6 aliphatic rings. The van der Waals surface area contributed by atoms with Gasteiger partial charge >= 0.3 is 10.0 Å². The van der Waals surface area contributed by atoms with E-state index in [4.69, 9.17) is 38.1 Å². The van der Waals surface area contributed by atoms with E-state index < -0.39 is 16.6 Å². The Balaban J connectivity index is 0.000000226. The lowest BCUT2D eigenvalue weighted by Gasteiger charge is -2.40. The fourth-order valence-corrected chi connectivity index (χ4v) is 27.7. The summed E-state index contributed by atoms with van der Waals surface area (Å²) < 4.78 is 19.9. The van der Waals surface area contributed by atoms with E-state index in [1.807, 2.05) is 97.1 Å². The molecule has 2 N–H and O–H groups in total. The number of quaternary nitrogens is 4. The standard InChI is InChI=1S/C38H82N4O2Si3.C32H18N8.4ClH/c1-11-29-46(31-21-35-17-13-25-39(35,3)4,32-22-36-18-14-26-40(36,5)6)43-45-44-47(30-12-2,33-23-37-19-15-27-41(37,7)8)34-24-38-20-16-28-42(38,9)10;1-2-10-18-17(9-1)25-33-26(18)38-28-21-13-5-6-14-22(21)30(35-28)40-32-24-16-8-7-15-23(24)31(36-32)39-29-20-12-4-3-11-19(20)27(34-29)37-25;;;;/h35-38H,11-34H2,1-10H3;1-16H,(H2,33,34,35,36,37,38,39,40);4*1H/q+4;;;;;/p-4. The van der Waals surface area contributed by atoms with Crippen LogP contribution in [0.5, 0.6) is 0 Å². The van der Waals surface area contributed by atoms with Crippen LogP contribution in [-0.2, 0) is 8.23 Å². The molecule has 13 rings (SSSR count). The lowest BCUT2D eigenvalue weighted by Crippen LogP contribution is -3.00. The zero-order valence-corrected chi connectivity index (χ0v) is 61.8. The lowest BCUT2D eigenvalue weighted by molar-refractivity contribution is -0.902. The summed E-state index contributed by atoms with van der Waals surface area (Å²) in [5.74, 6) is 2.39. The molecule has 14 nitrogen and oxygen atoms in total. The first kappa shape index (κ1) is 72.6. The topological polar surface area (TPSA) is 127 Å². The molecule has 6 aliphatic heterocycles. The molecular formula is C70H100Cl4N12O2Si3. The predicted molar refractivity (Wildman–Crippen MR) is 363 cm³/mol. The molecule has 0 amide bonds. The smallest absolute Gasteiger partial charge is 0.410 e. The van der Waals surface area contributed by atoms with Gasteiger partial charge in [-0.25, -0.2) is 29.9 Å². The minimum absolute atomic E-state index is 0. The number of rotatable bonds is 20. The third-order valence-corrected chi connectivity index (χ3v) is 33.9. The molecule has 3 aromatic heterocycles. The van der Waals surface area contributed by atoms with Gasteiger partial charge in [-0.2, -0.15) is 0 Å². The molecule has 0 saturated carbocycles. The summed E-state index contributed by atoms with van der Waals surface area (Å²) in [7, 11) is 16.3. The Bertz CT molecular complexity index is 3320. The first-order valence-electron chi connectivity index (χ1n) is 33.5. The largest absolute Gasteiger partial charge is 1.00 e. The second kappa shape index (κ2) is 30.3. The summed E-state index contributed by atoms with van der Waals surface area (Å²) >= 11 is 0. The molecule has 4 saturated heterocycles. The van der Waals surface area contributed by atoms with Gasteiger partial charge in [-0.05, 0) is 61.9 Å². The van der Waals surface area contributed by atoms with Crippen LogP contribution >= 0.6 is 0 Å². The summed E-state index contributed by atoms with van der Waals surface area (Å²) in [6, 6.07) is 43.6. The van der Waals surface area contributed by atoms with Crippen molar-refractivity contribution in [3.05, 3.63) is 97.1 Å². The molecule has 4 atom stereocenters. The Kier molecular flexibility index (Phi) is 24.2. The molecule has 0 spiro atoms. The van der Waals surface area contributed by atoms with Gasteiger partial charge in [0, 0.05) is 95.2 Å². The third kappa shape index (κ3) is 15.7. The van der Waals surface area contributed by atoms with E-state index in [0.29, 0.717) is 45.9 Å². The number of aromatic amines is 2. The van der Waals surface area contributed by atoms with Crippen molar-refractivity contribution in [2.24, 2.45) is 0 Å². The minimum Gasteiger partial charge on any atom is -1.00 e. The van der Waals surface area contributed by atoms with Crippen molar-refractivity contribution < 1.29 is 75.8 Å². The molecule has 21 heteroatoms. The van der Waals surface area contributed by atoms with Gasteiger partial charge in [0.2, 0.25) is 0 Å². The van der Waals surface area contributed by atoms with Crippen molar-refractivity contribution in [2.45, 2.75) is 164 Å². The molecule has 4 fully saturated rings. The monoisotopic (exact) mass is 1360 g/mol. The van der Waals surface area contributed by atoms with Gasteiger partial charge < -0.3 is 85.8 Å². The highest BCUT2D eigenvalue weighted by molar-refractivity contribution is 6.80. The number of hydrogen-bond acceptors (Lipinski definition) is 8. The highest BCUT2D eigenvalue weighted by Crippen LogP contribution is 2.41. The first-order valence-corrected chi connectivity index (χ1v) is 39.4. The number of fused-ring (bicyclic) bond motifs is 20. The van der Waals surface area contributed by atoms with Crippen molar-refractivity contribution in [2.75, 3.05) is 82.6 Å². The Morgan fingerprint density at radius 3 is 0.835 bits per heavy atom. The van der Waals surface area contributed by atoms with Crippen LogP contribution in [0.3, 0.4) is 0 Å². The van der Waals surface area contributed by atoms with Crippen molar-refractivity contribution in [3.63, 3.8) is 0 Å². The fourth-order valence-electron chi connectivity index (χ4n) is 16.5. The average molecular weight is 1370 g/mol. The van der Waals surface area contributed by atoms with Gasteiger partial charge in [-0.15, -0.1) is 0 Å². The number of halogens is 4. The summed E-state index contributed by atoms with van der Waals surface area (Å²) in [5.41, 5.74) is 6.45. The Morgan fingerprint density at radius 2 is 0.615 bits per heavy atom. The zero-order chi connectivity index (χ0) is 60.6. The van der Waals surface area contributed by atoms with E-state index in [0.717, 1.165) is 68.0 Å².